The molecule has 0 aromatic heterocycles. The second kappa shape index (κ2) is 5.93. The first-order chi connectivity index (χ1) is 9.13. The summed E-state index contributed by atoms with van der Waals surface area (Å²) in [4.78, 5) is 15.9. The summed E-state index contributed by atoms with van der Waals surface area (Å²) >= 11 is 0. The number of likely N-dealkylation sites (N-methyl/N-ethyl adjacent to an activating group) is 1. The highest BCUT2D eigenvalue weighted by atomic mass is 16.2. The van der Waals surface area contributed by atoms with Crippen molar-refractivity contribution in [1.29, 1.82) is 0 Å². The molecule has 1 amide bonds. The lowest BCUT2D eigenvalue weighted by Crippen LogP contribution is -2.44. The molecule has 1 aromatic carbocycles. The van der Waals surface area contributed by atoms with Crippen molar-refractivity contribution in [2.45, 2.75) is 25.8 Å². The number of fused-ring (bicyclic) bond motifs is 1. The van der Waals surface area contributed by atoms with Crippen molar-refractivity contribution in [3.8, 4) is 0 Å². The zero-order chi connectivity index (χ0) is 13.8. The lowest BCUT2D eigenvalue weighted by Gasteiger charge is -2.40. The van der Waals surface area contributed by atoms with E-state index in [1.54, 1.807) is 0 Å². The zero-order valence-electron chi connectivity index (χ0n) is 11.6. The molecular formula is C14H22N4O. The average Bonchev–Trinajstić information content (AvgIpc) is 2.45. The number of anilines is 2. The van der Waals surface area contributed by atoms with Crippen LogP contribution >= 0.6 is 0 Å². The molecule has 5 nitrogen and oxygen atoms in total. The van der Waals surface area contributed by atoms with Crippen molar-refractivity contribution in [3.05, 3.63) is 24.3 Å². The third-order valence-corrected chi connectivity index (χ3v) is 3.76. The fourth-order valence-electron chi connectivity index (χ4n) is 2.55. The number of hydrogen-bond donors (Lipinski definition) is 2. The maximum absolute atomic E-state index is 11.2. The number of carbonyl (C=O) groups excluding carboxylic acids is 1. The monoisotopic (exact) mass is 262 g/mol. The average molecular weight is 262 g/mol. The lowest BCUT2D eigenvalue weighted by atomic mass is 10.1. The van der Waals surface area contributed by atoms with E-state index in [1.807, 2.05) is 0 Å². The summed E-state index contributed by atoms with van der Waals surface area (Å²) in [6, 6.07) is 8.73. The fourth-order valence-corrected chi connectivity index (χ4v) is 2.55. The van der Waals surface area contributed by atoms with Gasteiger partial charge in [0.15, 0.2) is 0 Å². The summed E-state index contributed by atoms with van der Waals surface area (Å²) < 4.78 is 0. The van der Waals surface area contributed by atoms with Crippen LogP contribution in [-0.4, -0.2) is 32.1 Å². The van der Waals surface area contributed by atoms with Gasteiger partial charge >= 0.3 is 0 Å². The van der Waals surface area contributed by atoms with E-state index < -0.39 is 0 Å². The van der Waals surface area contributed by atoms with Gasteiger partial charge in [-0.15, -0.1) is 0 Å². The summed E-state index contributed by atoms with van der Waals surface area (Å²) in [5, 5.41) is 0. The van der Waals surface area contributed by atoms with Gasteiger partial charge in [0.1, 0.15) is 0 Å². The molecule has 0 saturated carbocycles. The molecule has 1 aromatic rings. The van der Waals surface area contributed by atoms with E-state index in [0.717, 1.165) is 19.5 Å². The van der Waals surface area contributed by atoms with Crippen molar-refractivity contribution in [1.82, 2.24) is 5.43 Å². The Kier molecular flexibility index (Phi) is 4.27. The van der Waals surface area contributed by atoms with Crippen molar-refractivity contribution < 1.29 is 4.79 Å². The van der Waals surface area contributed by atoms with Crippen molar-refractivity contribution in [3.63, 3.8) is 0 Å². The van der Waals surface area contributed by atoms with Crippen LogP contribution in [0.25, 0.3) is 0 Å². The Labute approximate surface area is 114 Å². The predicted molar refractivity (Wildman–Crippen MR) is 78.1 cm³/mol. The van der Waals surface area contributed by atoms with Gasteiger partial charge in [-0.2, -0.15) is 0 Å². The van der Waals surface area contributed by atoms with Gasteiger partial charge in [-0.25, -0.2) is 5.84 Å². The van der Waals surface area contributed by atoms with E-state index in [1.165, 1.54) is 11.4 Å². The second-order valence-corrected chi connectivity index (χ2v) is 5.06. The van der Waals surface area contributed by atoms with Crippen molar-refractivity contribution >= 4 is 17.3 Å². The maximum Gasteiger partial charge on any atom is 0.233 e. The normalized spacial score (nSPS) is 15.9. The van der Waals surface area contributed by atoms with E-state index in [-0.39, 0.29) is 5.91 Å². The minimum atomic E-state index is -0.103. The molecule has 1 unspecified atom stereocenters. The number of hydrogen-bond acceptors (Lipinski definition) is 4. The number of nitrogens with one attached hydrogen (secondary N) is 1. The molecule has 1 aliphatic rings. The number of nitrogens with two attached hydrogens (primary N) is 1. The number of hydrazine groups is 1. The van der Waals surface area contributed by atoms with E-state index in [9.17, 15) is 4.79 Å². The highest BCUT2D eigenvalue weighted by Crippen LogP contribution is 2.33. The van der Waals surface area contributed by atoms with Crippen LogP contribution in [0.4, 0.5) is 11.4 Å². The summed E-state index contributed by atoms with van der Waals surface area (Å²) in [6.07, 6.45) is 1.27. The van der Waals surface area contributed by atoms with Gasteiger partial charge in [-0.05, 0) is 25.5 Å². The largest absolute Gasteiger partial charge is 0.371 e. The number of benzene rings is 1. The van der Waals surface area contributed by atoms with Crippen LogP contribution in [-0.2, 0) is 4.79 Å². The zero-order valence-corrected chi connectivity index (χ0v) is 11.6. The molecule has 19 heavy (non-hydrogen) atoms. The first-order valence-electron chi connectivity index (χ1n) is 6.69. The van der Waals surface area contributed by atoms with Crippen LogP contribution < -0.4 is 21.1 Å². The molecule has 0 radical (unpaired) electrons. The summed E-state index contributed by atoms with van der Waals surface area (Å²) in [7, 11) is 2.11. The number of para-hydroxylation sites is 2. The number of rotatable bonds is 4. The van der Waals surface area contributed by atoms with Crippen LogP contribution in [0, 0.1) is 0 Å². The molecule has 1 atom stereocenters. The van der Waals surface area contributed by atoms with E-state index >= 15 is 0 Å². The van der Waals surface area contributed by atoms with E-state index in [4.69, 9.17) is 5.84 Å². The molecule has 0 spiro atoms. The molecule has 0 bridgehead atoms. The quantitative estimate of drug-likeness (QED) is 0.484. The van der Waals surface area contributed by atoms with Gasteiger partial charge in [0, 0.05) is 32.6 Å². The van der Waals surface area contributed by atoms with Crippen molar-refractivity contribution in [2.75, 3.05) is 29.9 Å². The minimum Gasteiger partial charge on any atom is -0.371 e. The Morgan fingerprint density at radius 2 is 2.05 bits per heavy atom. The standard InChI is InChI=1S/C14H22N4O/c1-11(7-8-14(19)16-15)18-10-9-17(2)12-5-3-4-6-13(12)18/h3-6,11H,7-10,15H2,1-2H3,(H,16,19). The Hall–Kier alpha value is -1.75. The highest BCUT2D eigenvalue weighted by Gasteiger charge is 2.23. The van der Waals surface area contributed by atoms with Crippen LogP contribution in [0.15, 0.2) is 24.3 Å². The van der Waals surface area contributed by atoms with E-state index in [0.29, 0.717) is 12.5 Å². The molecule has 5 heteroatoms. The molecule has 1 heterocycles. The molecule has 3 N–H and O–H groups in total. The first-order valence-corrected chi connectivity index (χ1v) is 6.69. The topological polar surface area (TPSA) is 61.6 Å². The fraction of sp³-hybridized carbons (Fsp3) is 0.500. The highest BCUT2D eigenvalue weighted by molar-refractivity contribution is 5.76. The van der Waals surface area contributed by atoms with Crippen LogP contribution in [0.5, 0.6) is 0 Å². The minimum absolute atomic E-state index is 0.103. The third kappa shape index (κ3) is 2.98. The SMILES string of the molecule is CC(CCC(=O)NN)N1CCN(C)c2ccccc21. The molecule has 0 aliphatic carbocycles. The molecule has 0 saturated heterocycles. The Morgan fingerprint density at radius 1 is 1.37 bits per heavy atom. The maximum atomic E-state index is 11.2. The predicted octanol–water partition coefficient (Wildman–Crippen LogP) is 1.10. The molecule has 2 rings (SSSR count). The van der Waals surface area contributed by atoms with Crippen LogP contribution in [0.2, 0.25) is 0 Å². The summed E-state index contributed by atoms with van der Waals surface area (Å²) in [5.41, 5.74) is 4.68. The Bertz CT molecular complexity index is 449. The van der Waals surface area contributed by atoms with Gasteiger partial charge < -0.3 is 9.80 Å². The summed E-state index contributed by atoms with van der Waals surface area (Å²) in [6.45, 7) is 4.15. The number of amides is 1. The lowest BCUT2D eigenvalue weighted by molar-refractivity contribution is -0.121. The van der Waals surface area contributed by atoms with Gasteiger partial charge in [0.05, 0.1) is 11.4 Å². The van der Waals surface area contributed by atoms with Crippen LogP contribution in [0.1, 0.15) is 19.8 Å². The number of nitrogens with zero attached hydrogens (tertiary/aromatic N) is 2. The van der Waals surface area contributed by atoms with Gasteiger partial charge in [-0.1, -0.05) is 12.1 Å². The van der Waals surface area contributed by atoms with Gasteiger partial charge in [0.2, 0.25) is 5.91 Å². The molecular weight excluding hydrogens is 240 g/mol. The summed E-state index contributed by atoms with van der Waals surface area (Å²) in [5.74, 6) is 5.01. The number of carbonyl (C=O) groups is 1. The molecule has 104 valence electrons. The van der Waals surface area contributed by atoms with Gasteiger partial charge in [-0.3, -0.25) is 10.2 Å². The molecule has 1 aliphatic heterocycles. The van der Waals surface area contributed by atoms with Crippen LogP contribution in [0.3, 0.4) is 0 Å². The second-order valence-electron chi connectivity index (χ2n) is 5.06. The van der Waals surface area contributed by atoms with Gasteiger partial charge in [0.25, 0.3) is 0 Å². The third-order valence-electron chi connectivity index (χ3n) is 3.76. The Morgan fingerprint density at radius 3 is 2.74 bits per heavy atom. The van der Waals surface area contributed by atoms with Crippen molar-refractivity contribution in [2.24, 2.45) is 5.84 Å². The first kappa shape index (κ1) is 13.7. The Balaban J connectivity index is 2.09. The smallest absolute Gasteiger partial charge is 0.233 e. The van der Waals surface area contributed by atoms with E-state index in [2.05, 4.69) is 53.5 Å². The molecule has 0 fully saturated rings.